The largest absolute Gasteiger partial charge is 0.493 e. The van der Waals surface area contributed by atoms with Crippen molar-refractivity contribution >= 4 is 37.5 Å². The number of halogens is 1. The third kappa shape index (κ3) is 5.14. The van der Waals surface area contributed by atoms with Gasteiger partial charge in [0.25, 0.3) is 0 Å². The molecule has 1 fully saturated rings. The number of nitrogens with zero attached hydrogens (tertiary/aromatic N) is 1. The van der Waals surface area contributed by atoms with E-state index in [1.165, 1.54) is 23.5 Å². The number of piperidine rings is 1. The van der Waals surface area contributed by atoms with Crippen LogP contribution in [-0.2, 0) is 21.2 Å². The predicted octanol–water partition coefficient (Wildman–Crippen LogP) is 3.82. The van der Waals surface area contributed by atoms with E-state index in [1.54, 1.807) is 31.4 Å². The van der Waals surface area contributed by atoms with E-state index in [4.69, 9.17) is 9.47 Å². The Morgan fingerprint density at radius 1 is 1.03 bits per heavy atom. The molecule has 0 spiro atoms. The Labute approximate surface area is 185 Å². The van der Waals surface area contributed by atoms with Crippen LogP contribution in [0.15, 0.2) is 45.8 Å². The average Bonchev–Trinajstić information content (AvgIpc) is 2.75. The van der Waals surface area contributed by atoms with Crippen molar-refractivity contribution in [1.29, 1.82) is 0 Å². The second-order valence-electron chi connectivity index (χ2n) is 7.01. The molecule has 30 heavy (non-hydrogen) atoms. The molecule has 0 aromatic heterocycles. The summed E-state index contributed by atoms with van der Waals surface area (Å²) in [5.41, 5.74) is 1.28. The van der Waals surface area contributed by atoms with Crippen molar-refractivity contribution < 1.29 is 22.7 Å². The fraction of sp³-hybridized carbons (Fsp3) is 0.381. The molecule has 0 unspecified atom stereocenters. The highest BCUT2D eigenvalue weighted by Crippen LogP contribution is 2.33. The van der Waals surface area contributed by atoms with Gasteiger partial charge in [-0.2, -0.15) is 4.31 Å². The quantitative estimate of drug-likeness (QED) is 0.629. The molecule has 1 saturated heterocycles. The van der Waals surface area contributed by atoms with Crippen molar-refractivity contribution in [3.63, 3.8) is 0 Å². The number of hydrogen-bond donors (Lipinski definition) is 1. The third-order valence-corrected chi connectivity index (χ3v) is 7.65. The highest BCUT2D eigenvalue weighted by molar-refractivity contribution is 9.10. The first-order valence-corrected chi connectivity index (χ1v) is 11.9. The van der Waals surface area contributed by atoms with Crippen molar-refractivity contribution in [3.8, 4) is 11.5 Å². The molecule has 1 heterocycles. The molecule has 7 nitrogen and oxygen atoms in total. The Bertz CT molecular complexity index is 1000. The Morgan fingerprint density at radius 2 is 1.63 bits per heavy atom. The maximum Gasteiger partial charge on any atom is 0.243 e. The summed E-state index contributed by atoms with van der Waals surface area (Å²) in [5.74, 6) is 0.879. The van der Waals surface area contributed by atoms with Crippen LogP contribution in [0.1, 0.15) is 24.8 Å². The number of benzene rings is 2. The first-order valence-electron chi connectivity index (χ1n) is 9.65. The van der Waals surface area contributed by atoms with Gasteiger partial charge < -0.3 is 14.8 Å². The molecule has 162 valence electrons. The lowest BCUT2D eigenvalue weighted by Crippen LogP contribution is -2.35. The molecule has 0 aliphatic carbocycles. The van der Waals surface area contributed by atoms with Crippen LogP contribution in [0.2, 0.25) is 0 Å². The highest BCUT2D eigenvalue weighted by atomic mass is 79.9. The van der Waals surface area contributed by atoms with Crippen LogP contribution in [-0.4, -0.2) is 45.9 Å². The van der Waals surface area contributed by atoms with Gasteiger partial charge in [0.15, 0.2) is 11.5 Å². The number of amides is 1. The van der Waals surface area contributed by atoms with Crippen LogP contribution in [0.4, 0.5) is 5.69 Å². The summed E-state index contributed by atoms with van der Waals surface area (Å²) in [4.78, 5) is 12.7. The summed E-state index contributed by atoms with van der Waals surface area (Å²) in [6.07, 6.45) is 2.96. The summed E-state index contributed by atoms with van der Waals surface area (Å²) in [7, 11) is -0.403. The summed E-state index contributed by atoms with van der Waals surface area (Å²) >= 11 is 3.45. The van der Waals surface area contributed by atoms with E-state index in [0.717, 1.165) is 29.3 Å². The van der Waals surface area contributed by atoms with Crippen molar-refractivity contribution in [2.45, 2.75) is 30.6 Å². The van der Waals surface area contributed by atoms with E-state index in [2.05, 4.69) is 21.2 Å². The summed E-state index contributed by atoms with van der Waals surface area (Å²) in [6.45, 7) is 1.11. The van der Waals surface area contributed by atoms with Crippen molar-refractivity contribution in [2.24, 2.45) is 0 Å². The molecule has 1 N–H and O–H groups in total. The standard InChI is InChI=1S/C21H25BrN2O5S/c1-28-19-12-15(18(22)14-20(19)29-2)13-21(25)23-16-6-8-17(9-7-16)30(26,27)24-10-4-3-5-11-24/h6-9,12,14H,3-5,10-11,13H2,1-2H3,(H,23,25). The predicted molar refractivity (Wildman–Crippen MR) is 119 cm³/mol. The van der Waals surface area contributed by atoms with E-state index < -0.39 is 10.0 Å². The van der Waals surface area contributed by atoms with Gasteiger partial charge in [0.2, 0.25) is 15.9 Å². The smallest absolute Gasteiger partial charge is 0.243 e. The molecule has 1 aliphatic heterocycles. The highest BCUT2D eigenvalue weighted by Gasteiger charge is 2.25. The summed E-state index contributed by atoms with van der Waals surface area (Å²) in [6, 6.07) is 9.78. The van der Waals surface area contributed by atoms with E-state index in [1.807, 2.05) is 0 Å². The first-order chi connectivity index (χ1) is 14.3. The number of carbonyl (C=O) groups is 1. The summed E-state index contributed by atoms with van der Waals surface area (Å²) < 4.78 is 38.2. The van der Waals surface area contributed by atoms with Crippen molar-refractivity contribution in [3.05, 3.63) is 46.4 Å². The number of nitrogens with one attached hydrogen (secondary N) is 1. The van der Waals surface area contributed by atoms with Gasteiger partial charge in [0.1, 0.15) is 0 Å². The zero-order valence-corrected chi connectivity index (χ0v) is 19.4. The Balaban J connectivity index is 1.68. The molecule has 1 amide bonds. The monoisotopic (exact) mass is 496 g/mol. The SMILES string of the molecule is COc1cc(Br)c(CC(=O)Nc2ccc(S(=O)(=O)N3CCCCC3)cc2)cc1OC. The Morgan fingerprint density at radius 3 is 2.23 bits per heavy atom. The molecule has 0 bridgehead atoms. The molecule has 0 saturated carbocycles. The maximum absolute atomic E-state index is 12.7. The molecule has 2 aromatic rings. The van der Waals surface area contributed by atoms with Crippen molar-refractivity contribution in [2.75, 3.05) is 32.6 Å². The van der Waals surface area contributed by atoms with Crippen molar-refractivity contribution in [1.82, 2.24) is 4.31 Å². The van der Waals surface area contributed by atoms with E-state index >= 15 is 0 Å². The Kier molecular flexibility index (Phi) is 7.38. The van der Waals surface area contributed by atoms with Crippen LogP contribution in [0, 0.1) is 0 Å². The fourth-order valence-corrected chi connectivity index (χ4v) is 5.35. The normalized spacial score (nSPS) is 14.9. The number of sulfonamides is 1. The maximum atomic E-state index is 12.7. The molecule has 1 aliphatic rings. The average molecular weight is 497 g/mol. The van der Waals surface area contributed by atoms with Gasteiger partial charge in [0.05, 0.1) is 25.5 Å². The number of carbonyl (C=O) groups excluding carboxylic acids is 1. The number of rotatable bonds is 7. The van der Waals surface area contributed by atoms with Gasteiger partial charge in [0, 0.05) is 23.2 Å². The summed E-state index contributed by atoms with van der Waals surface area (Å²) in [5, 5.41) is 2.80. The minimum Gasteiger partial charge on any atom is -0.493 e. The zero-order chi connectivity index (χ0) is 21.7. The number of ether oxygens (including phenoxy) is 2. The minimum atomic E-state index is -3.49. The van der Waals surface area contributed by atoms with Crippen LogP contribution in [0.25, 0.3) is 0 Å². The number of anilines is 1. The molecular weight excluding hydrogens is 472 g/mol. The van der Waals surface area contributed by atoms with Gasteiger partial charge >= 0.3 is 0 Å². The van der Waals surface area contributed by atoms with Gasteiger partial charge in [-0.1, -0.05) is 22.4 Å². The lowest BCUT2D eigenvalue weighted by Gasteiger charge is -2.25. The van der Waals surface area contributed by atoms with Gasteiger partial charge in [-0.15, -0.1) is 0 Å². The van der Waals surface area contributed by atoms with Gasteiger partial charge in [-0.3, -0.25) is 4.79 Å². The topological polar surface area (TPSA) is 84.9 Å². The molecular formula is C21H25BrN2O5S. The van der Waals surface area contributed by atoms with Gasteiger partial charge in [-0.05, 0) is 54.8 Å². The fourth-order valence-electron chi connectivity index (χ4n) is 3.37. The van der Waals surface area contributed by atoms with Crippen LogP contribution in [0.3, 0.4) is 0 Å². The molecule has 0 radical (unpaired) electrons. The second kappa shape index (κ2) is 9.80. The molecule has 9 heteroatoms. The first kappa shape index (κ1) is 22.6. The lowest BCUT2D eigenvalue weighted by molar-refractivity contribution is -0.115. The van der Waals surface area contributed by atoms with Crippen LogP contribution >= 0.6 is 15.9 Å². The third-order valence-electron chi connectivity index (χ3n) is 4.99. The van der Waals surface area contributed by atoms with Crippen LogP contribution in [0.5, 0.6) is 11.5 Å². The van der Waals surface area contributed by atoms with Crippen LogP contribution < -0.4 is 14.8 Å². The number of hydrogen-bond acceptors (Lipinski definition) is 5. The van der Waals surface area contributed by atoms with E-state index in [0.29, 0.717) is 30.3 Å². The molecule has 3 rings (SSSR count). The number of methoxy groups -OCH3 is 2. The Hall–Kier alpha value is -2.10. The molecule has 2 aromatic carbocycles. The zero-order valence-electron chi connectivity index (χ0n) is 17.0. The second-order valence-corrected chi connectivity index (χ2v) is 9.80. The molecule has 0 atom stereocenters. The van der Waals surface area contributed by atoms with E-state index in [9.17, 15) is 13.2 Å². The van der Waals surface area contributed by atoms with E-state index in [-0.39, 0.29) is 17.2 Å². The van der Waals surface area contributed by atoms with Gasteiger partial charge in [-0.25, -0.2) is 8.42 Å². The lowest BCUT2D eigenvalue weighted by atomic mass is 10.1. The minimum absolute atomic E-state index is 0.120.